The van der Waals surface area contributed by atoms with Gasteiger partial charge in [-0.05, 0) is 31.5 Å². The summed E-state index contributed by atoms with van der Waals surface area (Å²) >= 11 is 0. The Morgan fingerprint density at radius 3 is 2.30 bits per heavy atom. The van der Waals surface area contributed by atoms with Gasteiger partial charge >= 0.3 is 0 Å². The highest BCUT2D eigenvalue weighted by atomic mass is 16.5. The summed E-state index contributed by atoms with van der Waals surface area (Å²) < 4.78 is 11.3. The monoisotopic (exact) mass is 404 g/mol. The van der Waals surface area contributed by atoms with Crippen molar-refractivity contribution in [2.24, 2.45) is 0 Å². The lowest BCUT2D eigenvalue weighted by atomic mass is 10.0. The van der Waals surface area contributed by atoms with Gasteiger partial charge in [0.25, 0.3) is 0 Å². The average Bonchev–Trinajstić information content (AvgIpc) is 2.74. The number of anilines is 3. The predicted molar refractivity (Wildman–Crippen MR) is 117 cm³/mol. The number of nitrogens with one attached hydrogen (secondary N) is 2. The molecule has 1 unspecified atom stereocenters. The van der Waals surface area contributed by atoms with Crippen LogP contribution in [0.4, 0.5) is 17.3 Å². The number of nitriles is 1. The average molecular weight is 404 g/mol. The van der Waals surface area contributed by atoms with Crippen LogP contribution < -0.4 is 25.0 Å². The van der Waals surface area contributed by atoms with Crippen LogP contribution in [-0.2, 0) is 0 Å². The van der Waals surface area contributed by atoms with Crippen molar-refractivity contribution in [2.45, 2.75) is 20.0 Å². The molecule has 2 aromatic heterocycles. The van der Waals surface area contributed by atoms with E-state index in [2.05, 4.69) is 55.8 Å². The first-order valence-corrected chi connectivity index (χ1v) is 9.90. The fraction of sp³-hybridized carbons (Fsp3) is 0.318. The minimum Gasteiger partial charge on any atom is -0.478 e. The molecule has 0 amide bonds. The smallest absolute Gasteiger partial charge is 0.234 e. The Labute approximate surface area is 175 Å². The van der Waals surface area contributed by atoms with Crippen LogP contribution in [0, 0.1) is 11.3 Å². The Morgan fingerprint density at radius 2 is 1.70 bits per heavy atom. The van der Waals surface area contributed by atoms with Crippen LogP contribution in [0.3, 0.4) is 0 Å². The molecule has 1 aromatic carbocycles. The molecule has 8 nitrogen and oxygen atoms in total. The van der Waals surface area contributed by atoms with Crippen molar-refractivity contribution in [2.75, 3.05) is 42.8 Å². The summed E-state index contributed by atoms with van der Waals surface area (Å²) in [5.41, 5.74) is 2.52. The van der Waals surface area contributed by atoms with Crippen LogP contribution >= 0.6 is 0 Å². The highest BCUT2D eigenvalue weighted by molar-refractivity contribution is 6.05. The maximum atomic E-state index is 9.76. The first kappa shape index (κ1) is 19.6. The van der Waals surface area contributed by atoms with Gasteiger partial charge in [0.15, 0.2) is 0 Å². The Hall–Kier alpha value is -3.73. The molecule has 2 N–H and O–H groups in total. The van der Waals surface area contributed by atoms with E-state index in [1.807, 2.05) is 27.9 Å². The minimum absolute atomic E-state index is 0.240. The second kappa shape index (κ2) is 7.95. The van der Waals surface area contributed by atoms with Crippen molar-refractivity contribution in [3.63, 3.8) is 0 Å². The summed E-state index contributed by atoms with van der Waals surface area (Å²) in [7, 11) is 4.02. The number of ether oxygens (including phenoxy) is 2. The van der Waals surface area contributed by atoms with Crippen molar-refractivity contribution in [1.29, 1.82) is 5.26 Å². The standard InChI is InChI=1S/C22H24N6O2/c1-5-29-17-11-15-16(12-23)22(30-6-2)27-21-18(15)20(24-17)25-19(26-21)13-7-9-14(10-8-13)28(3)4/h7-11,19H,5-6H2,1-4H3,(H,24,25)(H,26,27). The van der Waals surface area contributed by atoms with Gasteiger partial charge in [-0.25, -0.2) is 0 Å². The van der Waals surface area contributed by atoms with Gasteiger partial charge in [-0.3, -0.25) is 0 Å². The van der Waals surface area contributed by atoms with Crippen LogP contribution in [0.15, 0.2) is 30.3 Å². The van der Waals surface area contributed by atoms with E-state index in [1.54, 1.807) is 6.07 Å². The van der Waals surface area contributed by atoms with Crippen LogP contribution in [0.2, 0.25) is 0 Å². The Kier molecular flexibility index (Phi) is 5.19. The molecule has 3 aromatic rings. The second-order valence-corrected chi connectivity index (χ2v) is 7.06. The van der Waals surface area contributed by atoms with Crippen molar-refractivity contribution in [3.8, 4) is 17.8 Å². The number of benzene rings is 1. The quantitative estimate of drug-likeness (QED) is 0.639. The van der Waals surface area contributed by atoms with E-state index in [0.717, 1.165) is 16.6 Å². The third-order valence-electron chi connectivity index (χ3n) is 4.92. The van der Waals surface area contributed by atoms with Gasteiger partial charge < -0.3 is 25.0 Å². The number of pyridine rings is 2. The third kappa shape index (κ3) is 3.39. The molecular formula is C22H24N6O2. The molecule has 0 radical (unpaired) electrons. The Morgan fingerprint density at radius 1 is 1.03 bits per heavy atom. The van der Waals surface area contributed by atoms with Gasteiger partial charge in [-0.15, -0.1) is 0 Å². The van der Waals surface area contributed by atoms with E-state index in [9.17, 15) is 5.26 Å². The first-order valence-electron chi connectivity index (χ1n) is 9.90. The zero-order chi connectivity index (χ0) is 21.3. The van der Waals surface area contributed by atoms with E-state index in [1.165, 1.54) is 0 Å². The highest BCUT2D eigenvalue weighted by Gasteiger charge is 2.27. The van der Waals surface area contributed by atoms with Crippen LogP contribution in [0.1, 0.15) is 31.1 Å². The molecule has 8 heteroatoms. The normalized spacial score (nSPS) is 14.4. The number of hydrogen-bond acceptors (Lipinski definition) is 8. The van der Waals surface area contributed by atoms with Crippen molar-refractivity contribution in [1.82, 2.24) is 9.97 Å². The molecule has 0 aliphatic carbocycles. The lowest BCUT2D eigenvalue weighted by Crippen LogP contribution is -2.25. The van der Waals surface area contributed by atoms with Gasteiger partial charge in [0, 0.05) is 31.2 Å². The van der Waals surface area contributed by atoms with Crippen molar-refractivity contribution >= 4 is 28.1 Å². The molecule has 0 saturated carbocycles. The molecule has 0 fully saturated rings. The summed E-state index contributed by atoms with van der Waals surface area (Å²) in [6.45, 7) is 4.66. The lowest BCUT2D eigenvalue weighted by molar-refractivity contribution is 0.325. The molecule has 1 atom stereocenters. The molecule has 1 aliphatic heterocycles. The lowest BCUT2D eigenvalue weighted by Gasteiger charge is -2.29. The zero-order valence-corrected chi connectivity index (χ0v) is 17.5. The largest absolute Gasteiger partial charge is 0.478 e. The van der Waals surface area contributed by atoms with Gasteiger partial charge in [0.1, 0.15) is 29.4 Å². The third-order valence-corrected chi connectivity index (χ3v) is 4.92. The van der Waals surface area contributed by atoms with E-state index < -0.39 is 0 Å². The molecule has 30 heavy (non-hydrogen) atoms. The summed E-state index contributed by atoms with van der Waals surface area (Å²) in [6.07, 6.45) is -0.240. The first-order chi connectivity index (χ1) is 14.5. The van der Waals surface area contributed by atoms with Crippen LogP contribution in [0.5, 0.6) is 11.8 Å². The molecule has 154 valence electrons. The molecule has 3 heterocycles. The van der Waals surface area contributed by atoms with Crippen molar-refractivity contribution < 1.29 is 9.47 Å². The zero-order valence-electron chi connectivity index (χ0n) is 17.5. The maximum Gasteiger partial charge on any atom is 0.234 e. The SMILES string of the molecule is CCOc1cc2c(C#N)c(OCC)nc3c2c(n1)NC(c1ccc(N(C)C)cc1)N3. The summed E-state index contributed by atoms with van der Waals surface area (Å²) in [6, 6.07) is 12.2. The molecular weight excluding hydrogens is 380 g/mol. The molecule has 0 saturated heterocycles. The minimum atomic E-state index is -0.240. The number of nitrogens with zero attached hydrogens (tertiary/aromatic N) is 4. The summed E-state index contributed by atoms with van der Waals surface area (Å²) in [5.74, 6) is 2.00. The maximum absolute atomic E-state index is 9.76. The van der Waals surface area contributed by atoms with Gasteiger partial charge in [0.2, 0.25) is 11.8 Å². The predicted octanol–water partition coefficient (Wildman–Crippen LogP) is 3.90. The van der Waals surface area contributed by atoms with E-state index >= 15 is 0 Å². The van der Waals surface area contributed by atoms with E-state index in [-0.39, 0.29) is 6.17 Å². The molecule has 1 aliphatic rings. The number of aromatic nitrogens is 2. The van der Waals surface area contributed by atoms with E-state index in [4.69, 9.17) is 9.47 Å². The Bertz CT molecular complexity index is 1110. The highest BCUT2D eigenvalue weighted by Crippen LogP contribution is 2.42. The van der Waals surface area contributed by atoms with Gasteiger partial charge in [-0.2, -0.15) is 15.2 Å². The Balaban J connectivity index is 1.84. The van der Waals surface area contributed by atoms with Crippen molar-refractivity contribution in [3.05, 3.63) is 41.5 Å². The second-order valence-electron chi connectivity index (χ2n) is 7.06. The van der Waals surface area contributed by atoms with E-state index in [0.29, 0.717) is 47.6 Å². The molecule has 0 bridgehead atoms. The van der Waals surface area contributed by atoms with Crippen LogP contribution in [-0.4, -0.2) is 37.3 Å². The molecule has 0 spiro atoms. The van der Waals surface area contributed by atoms with Gasteiger partial charge in [-0.1, -0.05) is 12.1 Å². The molecule has 4 rings (SSSR count). The summed E-state index contributed by atoms with van der Waals surface area (Å²) in [4.78, 5) is 11.3. The summed E-state index contributed by atoms with van der Waals surface area (Å²) in [5, 5.41) is 18.0. The van der Waals surface area contributed by atoms with Crippen LogP contribution in [0.25, 0.3) is 10.8 Å². The topological polar surface area (TPSA) is 95.3 Å². The fourth-order valence-electron chi connectivity index (χ4n) is 3.51. The number of rotatable bonds is 6. The van der Waals surface area contributed by atoms with Gasteiger partial charge in [0.05, 0.1) is 18.6 Å². The fourth-order valence-corrected chi connectivity index (χ4v) is 3.51. The number of hydrogen-bond donors (Lipinski definition) is 2.